The lowest BCUT2D eigenvalue weighted by Gasteiger charge is -2.27. The molecule has 3 aromatic rings. The molecular formula is C25H30N4OS. The number of nitrogens with one attached hydrogen (secondary N) is 1. The van der Waals surface area contributed by atoms with Crippen molar-refractivity contribution in [3.05, 3.63) is 75.7 Å². The first-order valence-corrected chi connectivity index (χ1v) is 11.5. The van der Waals surface area contributed by atoms with Crippen LogP contribution in [0.4, 0.5) is 5.82 Å². The van der Waals surface area contributed by atoms with Crippen LogP contribution in [-0.4, -0.2) is 31.8 Å². The van der Waals surface area contributed by atoms with Gasteiger partial charge in [-0.1, -0.05) is 18.2 Å². The maximum absolute atomic E-state index is 13.0. The molecule has 0 fully saturated rings. The average molecular weight is 435 g/mol. The van der Waals surface area contributed by atoms with Gasteiger partial charge in [0, 0.05) is 47.8 Å². The number of rotatable bonds is 4. The third-order valence-electron chi connectivity index (χ3n) is 5.99. The van der Waals surface area contributed by atoms with Gasteiger partial charge < -0.3 is 5.32 Å². The number of aromatic nitrogens is 3. The summed E-state index contributed by atoms with van der Waals surface area (Å²) in [5, 5.41) is 8.44. The Morgan fingerprint density at radius 1 is 1.23 bits per heavy atom. The molecule has 1 unspecified atom stereocenters. The summed E-state index contributed by atoms with van der Waals surface area (Å²) in [6.45, 7) is 11.6. The molecule has 0 radical (unpaired) electrons. The van der Waals surface area contributed by atoms with Crippen molar-refractivity contribution < 1.29 is 4.79 Å². The van der Waals surface area contributed by atoms with E-state index in [0.717, 1.165) is 40.4 Å². The standard InChI is InChI=1S/C25H30N4OS/c1-15-12-19(21(30)13-18-8-7-11-26-16(18)2)9-10-20(15)23-22-17(3)28-29(6)24(22)27-14-25(4,5)31-23/h7-12,23,27H,13-14H2,1-6H3. The number of hydrogen-bond donors (Lipinski definition) is 1. The van der Waals surface area contributed by atoms with E-state index in [2.05, 4.69) is 49.2 Å². The van der Waals surface area contributed by atoms with Crippen LogP contribution in [0.2, 0.25) is 0 Å². The van der Waals surface area contributed by atoms with Crippen molar-refractivity contribution in [1.82, 2.24) is 14.8 Å². The molecule has 4 rings (SSSR count). The van der Waals surface area contributed by atoms with Gasteiger partial charge in [-0.15, -0.1) is 11.8 Å². The molecule has 1 atom stereocenters. The van der Waals surface area contributed by atoms with Gasteiger partial charge in [-0.05, 0) is 63.4 Å². The molecule has 5 nitrogen and oxygen atoms in total. The van der Waals surface area contributed by atoms with Crippen molar-refractivity contribution in [3.63, 3.8) is 0 Å². The third-order valence-corrected chi connectivity index (χ3v) is 7.50. The fraction of sp³-hybridized carbons (Fsp3) is 0.400. The van der Waals surface area contributed by atoms with E-state index in [1.54, 1.807) is 6.20 Å². The van der Waals surface area contributed by atoms with E-state index < -0.39 is 0 Å². The monoisotopic (exact) mass is 434 g/mol. The molecule has 1 aliphatic heterocycles. The molecule has 0 spiro atoms. The molecule has 1 aliphatic rings. The minimum absolute atomic E-state index is 0.0644. The predicted molar refractivity (Wildman–Crippen MR) is 128 cm³/mol. The number of carbonyl (C=O) groups excluding carboxylic acids is 1. The quantitative estimate of drug-likeness (QED) is 0.573. The fourth-order valence-corrected chi connectivity index (χ4v) is 5.84. The molecule has 162 valence electrons. The lowest BCUT2D eigenvalue weighted by atomic mass is 9.95. The second kappa shape index (κ2) is 8.15. The third kappa shape index (κ3) is 4.26. The largest absolute Gasteiger partial charge is 0.369 e. The number of nitrogens with zero attached hydrogens (tertiary/aromatic N) is 3. The van der Waals surface area contributed by atoms with Crippen molar-refractivity contribution in [2.45, 2.75) is 51.0 Å². The molecule has 0 saturated heterocycles. The van der Waals surface area contributed by atoms with E-state index in [-0.39, 0.29) is 15.8 Å². The lowest BCUT2D eigenvalue weighted by molar-refractivity contribution is 0.0992. The summed E-state index contributed by atoms with van der Waals surface area (Å²) in [5.41, 5.74) is 7.32. The normalized spacial score (nSPS) is 17.5. The summed E-state index contributed by atoms with van der Waals surface area (Å²) in [4.78, 5) is 17.3. The highest BCUT2D eigenvalue weighted by molar-refractivity contribution is 8.01. The van der Waals surface area contributed by atoms with Gasteiger partial charge >= 0.3 is 0 Å². The zero-order chi connectivity index (χ0) is 22.3. The topological polar surface area (TPSA) is 59.8 Å². The molecule has 0 amide bonds. The Morgan fingerprint density at radius 2 is 2.00 bits per heavy atom. The van der Waals surface area contributed by atoms with Gasteiger partial charge in [0.05, 0.1) is 10.9 Å². The number of benzene rings is 1. The zero-order valence-electron chi connectivity index (χ0n) is 19.1. The summed E-state index contributed by atoms with van der Waals surface area (Å²) in [7, 11) is 1.99. The fourth-order valence-electron chi connectivity index (χ4n) is 4.26. The van der Waals surface area contributed by atoms with Crippen molar-refractivity contribution in [1.29, 1.82) is 0 Å². The number of hydrogen-bond acceptors (Lipinski definition) is 5. The summed E-state index contributed by atoms with van der Waals surface area (Å²) in [5.74, 6) is 1.21. The van der Waals surface area contributed by atoms with Crippen molar-refractivity contribution in [2.75, 3.05) is 11.9 Å². The van der Waals surface area contributed by atoms with Crippen LogP contribution in [0, 0.1) is 20.8 Å². The van der Waals surface area contributed by atoms with E-state index in [1.165, 1.54) is 11.1 Å². The van der Waals surface area contributed by atoms with E-state index in [9.17, 15) is 4.79 Å². The zero-order valence-corrected chi connectivity index (χ0v) is 19.9. The predicted octanol–water partition coefficient (Wildman–Crippen LogP) is 5.19. The molecule has 0 bridgehead atoms. The van der Waals surface area contributed by atoms with Crippen LogP contribution in [0.25, 0.3) is 0 Å². The molecule has 6 heteroatoms. The first-order valence-electron chi connectivity index (χ1n) is 10.7. The Balaban J connectivity index is 1.69. The smallest absolute Gasteiger partial charge is 0.167 e. The summed E-state index contributed by atoms with van der Waals surface area (Å²) in [6.07, 6.45) is 2.14. The Bertz CT molecular complexity index is 1150. The molecule has 3 heterocycles. The van der Waals surface area contributed by atoms with Crippen LogP contribution in [0.15, 0.2) is 36.5 Å². The first kappa shape index (κ1) is 21.6. The van der Waals surface area contributed by atoms with Crippen molar-refractivity contribution in [2.24, 2.45) is 7.05 Å². The molecule has 1 aromatic carbocycles. The SMILES string of the molecule is Cc1cc(C(=O)Cc2cccnc2C)ccc1C1SC(C)(C)CNc2c1c(C)nn2C. The van der Waals surface area contributed by atoms with E-state index >= 15 is 0 Å². The molecule has 1 N–H and O–H groups in total. The van der Waals surface area contributed by atoms with Gasteiger partial charge in [0.1, 0.15) is 5.82 Å². The summed E-state index contributed by atoms with van der Waals surface area (Å²) < 4.78 is 2.01. The van der Waals surface area contributed by atoms with Crippen LogP contribution in [-0.2, 0) is 13.5 Å². The second-order valence-corrected chi connectivity index (χ2v) is 10.8. The van der Waals surface area contributed by atoms with Crippen molar-refractivity contribution >= 4 is 23.4 Å². The maximum atomic E-state index is 13.0. The number of anilines is 1. The second-order valence-electron chi connectivity index (χ2n) is 9.00. The molecule has 31 heavy (non-hydrogen) atoms. The minimum Gasteiger partial charge on any atom is -0.369 e. The van der Waals surface area contributed by atoms with Gasteiger partial charge in [-0.3, -0.25) is 14.5 Å². The summed E-state index contributed by atoms with van der Waals surface area (Å²) in [6, 6.07) is 10.0. The Labute approximate surface area is 188 Å². The van der Waals surface area contributed by atoms with E-state index in [4.69, 9.17) is 0 Å². The highest BCUT2D eigenvalue weighted by Crippen LogP contribution is 2.49. The number of carbonyl (C=O) groups is 1. The van der Waals surface area contributed by atoms with Gasteiger partial charge in [0.25, 0.3) is 0 Å². The number of thioether (sulfide) groups is 1. The summed E-state index contributed by atoms with van der Waals surface area (Å²) >= 11 is 1.96. The van der Waals surface area contributed by atoms with Crippen LogP contribution in [0.5, 0.6) is 0 Å². The van der Waals surface area contributed by atoms with Crippen LogP contribution < -0.4 is 5.32 Å². The molecule has 0 aliphatic carbocycles. The van der Waals surface area contributed by atoms with Gasteiger partial charge in [0.2, 0.25) is 0 Å². The number of ketones is 1. The molecule has 2 aromatic heterocycles. The lowest BCUT2D eigenvalue weighted by Crippen LogP contribution is -2.26. The number of Topliss-reactive ketones (excluding diaryl/α,β-unsaturated/α-hetero) is 1. The number of fused-ring (bicyclic) bond motifs is 1. The number of pyridine rings is 1. The average Bonchev–Trinajstić information content (AvgIpc) is 2.90. The highest BCUT2D eigenvalue weighted by atomic mass is 32.2. The highest BCUT2D eigenvalue weighted by Gasteiger charge is 2.35. The van der Waals surface area contributed by atoms with Crippen molar-refractivity contribution in [3.8, 4) is 0 Å². The van der Waals surface area contributed by atoms with Crippen LogP contribution in [0.1, 0.15) is 63.1 Å². The van der Waals surface area contributed by atoms with E-state index in [0.29, 0.717) is 6.42 Å². The molecule has 0 saturated carbocycles. The maximum Gasteiger partial charge on any atom is 0.167 e. The van der Waals surface area contributed by atoms with Crippen LogP contribution in [0.3, 0.4) is 0 Å². The van der Waals surface area contributed by atoms with Gasteiger partial charge in [0.15, 0.2) is 5.78 Å². The van der Waals surface area contributed by atoms with Crippen LogP contribution >= 0.6 is 11.8 Å². The van der Waals surface area contributed by atoms with Gasteiger partial charge in [-0.25, -0.2) is 0 Å². The number of aryl methyl sites for hydroxylation is 4. The Hall–Kier alpha value is -2.60. The Morgan fingerprint density at radius 3 is 2.71 bits per heavy atom. The minimum atomic E-state index is 0.0644. The van der Waals surface area contributed by atoms with E-state index in [1.807, 2.05) is 54.7 Å². The Kier molecular flexibility index (Phi) is 5.69. The first-order chi connectivity index (χ1) is 14.7. The molecular weight excluding hydrogens is 404 g/mol. The van der Waals surface area contributed by atoms with Gasteiger partial charge in [-0.2, -0.15) is 5.10 Å².